The molecular weight excluding hydrogens is 457 g/mol. The highest BCUT2D eigenvalue weighted by Gasteiger charge is 2.17. The zero-order chi connectivity index (χ0) is 24.4. The third-order valence-corrected chi connectivity index (χ3v) is 5.07. The fourth-order valence-corrected chi connectivity index (χ4v) is 3.40. The van der Waals surface area contributed by atoms with Crippen LogP contribution in [0.15, 0.2) is 60.2 Å². The number of hydrogen-bond donors (Lipinski definition) is 4. The molecule has 5 aromatic rings. The van der Waals surface area contributed by atoms with E-state index in [1.807, 2.05) is 0 Å². The molecule has 4 heterocycles. The van der Waals surface area contributed by atoms with E-state index in [-0.39, 0.29) is 18.0 Å². The monoisotopic (exact) mass is 473 g/mol. The number of imidazole rings is 1. The minimum atomic E-state index is -0.603. The Hall–Kier alpha value is -5.20. The van der Waals surface area contributed by atoms with E-state index >= 15 is 0 Å². The quantitative estimate of drug-likeness (QED) is 0.262. The van der Waals surface area contributed by atoms with Crippen LogP contribution in [0.3, 0.4) is 0 Å². The molecule has 0 aliphatic rings. The Morgan fingerprint density at radius 3 is 2.89 bits per heavy atom. The lowest BCUT2D eigenvalue weighted by Gasteiger charge is -2.08. The average molecular weight is 473 g/mol. The highest BCUT2D eigenvalue weighted by atomic mass is 19.1. The van der Waals surface area contributed by atoms with Gasteiger partial charge in [0.05, 0.1) is 17.4 Å². The summed E-state index contributed by atoms with van der Waals surface area (Å²) in [7, 11) is 0. The molecule has 12 nitrogen and oxygen atoms in total. The highest BCUT2D eigenvalue weighted by Crippen LogP contribution is 2.31. The number of aromatic amines is 2. The Morgan fingerprint density at radius 2 is 2.11 bits per heavy atom. The molecule has 0 atom stereocenters. The normalized spacial score (nSPS) is 10.9. The van der Waals surface area contributed by atoms with Crippen molar-refractivity contribution in [3.8, 4) is 22.6 Å². The van der Waals surface area contributed by atoms with Gasteiger partial charge in [0, 0.05) is 23.9 Å². The number of hydrogen-bond acceptors (Lipinski definition) is 8. The molecule has 13 heteroatoms. The highest BCUT2D eigenvalue weighted by molar-refractivity contribution is 6.01. The van der Waals surface area contributed by atoms with E-state index in [0.717, 1.165) is 12.4 Å². The second kappa shape index (κ2) is 8.97. The maximum absolute atomic E-state index is 14.9. The van der Waals surface area contributed by atoms with Gasteiger partial charge in [-0.3, -0.25) is 14.7 Å². The predicted molar refractivity (Wildman–Crippen MR) is 121 cm³/mol. The van der Waals surface area contributed by atoms with Gasteiger partial charge in [-0.25, -0.2) is 14.4 Å². The first-order valence-corrected chi connectivity index (χ1v) is 10.2. The van der Waals surface area contributed by atoms with E-state index in [2.05, 4.69) is 57.0 Å². The zero-order valence-corrected chi connectivity index (χ0v) is 17.9. The number of fused-ring (bicyclic) bond motifs is 1. The molecule has 0 spiro atoms. The molecule has 4 N–H and O–H groups in total. The fourth-order valence-electron chi connectivity index (χ4n) is 3.40. The van der Waals surface area contributed by atoms with Crippen molar-refractivity contribution < 1.29 is 18.5 Å². The van der Waals surface area contributed by atoms with Crippen molar-refractivity contribution >= 4 is 28.7 Å². The second-order valence-corrected chi connectivity index (χ2v) is 7.23. The number of nitrogens with zero attached hydrogens (tertiary/aromatic N) is 5. The summed E-state index contributed by atoms with van der Waals surface area (Å²) in [5, 5.41) is 15.3. The fraction of sp³-hybridized carbons (Fsp3) is 0.0455. The van der Waals surface area contributed by atoms with Gasteiger partial charge in [0.2, 0.25) is 5.91 Å². The lowest BCUT2D eigenvalue weighted by atomic mass is 10.0. The number of halogens is 1. The minimum absolute atomic E-state index is 0.0632. The summed E-state index contributed by atoms with van der Waals surface area (Å²) in [6, 6.07) is 6.37. The van der Waals surface area contributed by atoms with Crippen LogP contribution in [-0.2, 0) is 11.3 Å². The van der Waals surface area contributed by atoms with Crippen molar-refractivity contribution in [1.82, 2.24) is 40.6 Å². The van der Waals surface area contributed by atoms with Gasteiger partial charge in [0.1, 0.15) is 11.5 Å². The molecule has 0 saturated heterocycles. The third kappa shape index (κ3) is 4.25. The smallest absolute Gasteiger partial charge is 0.315 e. The number of nitrogens with one attached hydrogen (secondary N) is 4. The van der Waals surface area contributed by atoms with E-state index in [1.165, 1.54) is 12.3 Å². The molecule has 0 bridgehead atoms. The van der Waals surface area contributed by atoms with Crippen LogP contribution >= 0.6 is 0 Å². The SMILES string of the molecule is C=CC(=O)Nc1cn[nH]c1-c1nc2nccc(-c3ccc(CNC(=O)c4ncno4)c(F)c3)c2[nH]1. The third-order valence-electron chi connectivity index (χ3n) is 5.07. The van der Waals surface area contributed by atoms with E-state index < -0.39 is 17.6 Å². The van der Waals surface area contributed by atoms with Crippen molar-refractivity contribution in [3.05, 3.63) is 72.9 Å². The second-order valence-electron chi connectivity index (χ2n) is 7.23. The maximum Gasteiger partial charge on any atom is 0.315 e. The van der Waals surface area contributed by atoms with Gasteiger partial charge in [-0.2, -0.15) is 10.1 Å². The van der Waals surface area contributed by atoms with Gasteiger partial charge in [0.25, 0.3) is 0 Å². The number of rotatable bonds is 7. The van der Waals surface area contributed by atoms with Gasteiger partial charge in [-0.05, 0) is 23.8 Å². The van der Waals surface area contributed by atoms with Crippen LogP contribution in [0.4, 0.5) is 10.1 Å². The van der Waals surface area contributed by atoms with E-state index in [1.54, 1.807) is 24.4 Å². The molecule has 4 aromatic heterocycles. The largest absolute Gasteiger partial charge is 0.344 e. The van der Waals surface area contributed by atoms with Crippen LogP contribution in [0.25, 0.3) is 33.8 Å². The van der Waals surface area contributed by atoms with E-state index in [4.69, 9.17) is 0 Å². The molecule has 1 aromatic carbocycles. The Morgan fingerprint density at radius 1 is 1.23 bits per heavy atom. The molecule has 0 unspecified atom stereocenters. The van der Waals surface area contributed by atoms with Crippen molar-refractivity contribution in [3.63, 3.8) is 0 Å². The van der Waals surface area contributed by atoms with E-state index in [9.17, 15) is 14.0 Å². The topological polar surface area (TPSA) is 167 Å². The number of pyridine rings is 1. The van der Waals surface area contributed by atoms with Crippen molar-refractivity contribution in [1.29, 1.82) is 0 Å². The average Bonchev–Trinajstić information content (AvgIpc) is 3.63. The van der Waals surface area contributed by atoms with E-state index in [0.29, 0.717) is 39.5 Å². The molecule has 5 rings (SSSR count). The first kappa shape index (κ1) is 21.6. The molecule has 0 radical (unpaired) electrons. The van der Waals surface area contributed by atoms with Crippen LogP contribution in [0.1, 0.15) is 16.2 Å². The Kier molecular flexibility index (Phi) is 5.55. The van der Waals surface area contributed by atoms with Gasteiger partial charge >= 0.3 is 11.8 Å². The number of aromatic nitrogens is 7. The van der Waals surface area contributed by atoms with Crippen LogP contribution in [0, 0.1) is 5.82 Å². The molecule has 2 amide bonds. The predicted octanol–water partition coefficient (Wildman–Crippen LogP) is 2.59. The molecule has 0 fully saturated rings. The number of H-pyrrole nitrogens is 2. The van der Waals surface area contributed by atoms with Crippen LogP contribution in [0.5, 0.6) is 0 Å². The molecule has 174 valence electrons. The first-order chi connectivity index (χ1) is 17.0. The summed E-state index contributed by atoms with van der Waals surface area (Å²) >= 11 is 0. The first-order valence-electron chi connectivity index (χ1n) is 10.2. The van der Waals surface area contributed by atoms with Crippen LogP contribution < -0.4 is 10.6 Å². The number of amides is 2. The molecular formula is C22H16FN9O3. The molecule has 35 heavy (non-hydrogen) atoms. The van der Waals surface area contributed by atoms with Crippen molar-refractivity contribution in [2.24, 2.45) is 0 Å². The Labute approximate surface area is 195 Å². The lowest BCUT2D eigenvalue weighted by molar-refractivity contribution is -0.111. The summed E-state index contributed by atoms with van der Waals surface area (Å²) in [5.41, 5.74) is 3.32. The lowest BCUT2D eigenvalue weighted by Crippen LogP contribution is -2.23. The Bertz CT molecular complexity index is 1560. The van der Waals surface area contributed by atoms with Gasteiger partial charge in [0.15, 0.2) is 17.8 Å². The minimum Gasteiger partial charge on any atom is -0.344 e. The molecule has 0 aliphatic heterocycles. The number of anilines is 1. The standard InChI is InChI=1S/C22H16FN9O3/c1-2-16(33)29-15-9-27-32-18(15)20-30-17-13(5-6-24-19(17)31-20)11-3-4-12(14(23)7-11)8-25-21(34)22-26-10-28-35-22/h2-7,9-10H,1,8H2,(H,25,34)(H,27,32)(H,29,33)(H,24,30,31). The van der Waals surface area contributed by atoms with Crippen molar-refractivity contribution in [2.75, 3.05) is 5.32 Å². The summed E-state index contributed by atoms with van der Waals surface area (Å²) in [6.45, 7) is 3.37. The summed E-state index contributed by atoms with van der Waals surface area (Å²) in [5.74, 6) is -1.33. The summed E-state index contributed by atoms with van der Waals surface area (Å²) in [4.78, 5) is 39.2. The molecule has 0 aliphatic carbocycles. The number of benzene rings is 1. The van der Waals surface area contributed by atoms with Crippen LogP contribution in [0.2, 0.25) is 0 Å². The maximum atomic E-state index is 14.9. The molecule has 0 saturated carbocycles. The zero-order valence-electron chi connectivity index (χ0n) is 17.9. The van der Waals surface area contributed by atoms with Gasteiger partial charge < -0.3 is 20.1 Å². The van der Waals surface area contributed by atoms with Gasteiger partial charge in [-0.1, -0.05) is 23.9 Å². The summed E-state index contributed by atoms with van der Waals surface area (Å²) < 4.78 is 19.5. The number of carbonyl (C=O) groups is 2. The van der Waals surface area contributed by atoms with Gasteiger partial charge in [-0.15, -0.1) is 0 Å². The summed E-state index contributed by atoms with van der Waals surface area (Å²) in [6.07, 6.45) is 5.25. The van der Waals surface area contributed by atoms with Crippen LogP contribution in [-0.4, -0.2) is 47.1 Å². The number of carbonyl (C=O) groups excluding carboxylic acids is 2. The van der Waals surface area contributed by atoms with Crippen molar-refractivity contribution in [2.45, 2.75) is 6.54 Å². The Balaban J connectivity index is 1.42.